The molecule has 0 radical (unpaired) electrons. The zero-order valence-electron chi connectivity index (χ0n) is 12.9. The van der Waals surface area contributed by atoms with E-state index in [1.54, 1.807) is 11.9 Å². The van der Waals surface area contributed by atoms with Crippen LogP contribution in [-0.2, 0) is 0 Å². The second-order valence-electron chi connectivity index (χ2n) is 4.71. The first-order chi connectivity index (χ1) is 10.7. The molecule has 0 bridgehead atoms. The molecule has 0 spiro atoms. The van der Waals surface area contributed by atoms with E-state index in [1.165, 1.54) is 0 Å². The van der Waals surface area contributed by atoms with Gasteiger partial charge in [0.05, 0.1) is 11.2 Å². The summed E-state index contributed by atoms with van der Waals surface area (Å²) in [6.07, 6.45) is 1.83. The molecular weight excluding hydrogens is 292 g/mol. The van der Waals surface area contributed by atoms with Gasteiger partial charge in [-0.05, 0) is 24.3 Å². The zero-order chi connectivity index (χ0) is 15.7. The molecule has 5 heteroatoms. The van der Waals surface area contributed by atoms with Gasteiger partial charge in [0.1, 0.15) is 10.8 Å². The van der Waals surface area contributed by atoms with Crippen LogP contribution in [0.1, 0.15) is 13.8 Å². The largest absolute Gasteiger partial charge is 0.384 e. The maximum absolute atomic E-state index is 5.80. The lowest BCUT2D eigenvalue weighted by atomic mass is 10.0. The Morgan fingerprint density at radius 2 is 1.91 bits per heavy atom. The van der Waals surface area contributed by atoms with Crippen molar-refractivity contribution in [3.63, 3.8) is 0 Å². The Bertz CT molecular complexity index is 832. The Morgan fingerprint density at radius 3 is 2.73 bits per heavy atom. The van der Waals surface area contributed by atoms with Crippen molar-refractivity contribution in [2.45, 2.75) is 18.9 Å². The van der Waals surface area contributed by atoms with Crippen LogP contribution in [0.15, 0.2) is 47.6 Å². The molecule has 0 saturated carbocycles. The normalized spacial score (nSPS) is 12.2. The molecule has 0 fully saturated rings. The minimum Gasteiger partial charge on any atom is -0.384 e. The molecule has 0 aliphatic carbocycles. The molecule has 0 unspecified atom stereocenters. The summed E-state index contributed by atoms with van der Waals surface area (Å²) in [7, 11) is 2.03. The van der Waals surface area contributed by atoms with Gasteiger partial charge < -0.3 is 10.0 Å². The number of hydrogen-bond acceptors (Lipinski definition) is 5. The molecule has 1 aliphatic heterocycles. The molecule has 2 N–H and O–H groups in total. The van der Waals surface area contributed by atoms with Crippen LogP contribution in [0, 0.1) is 0 Å². The number of pyridine rings is 2. The van der Waals surface area contributed by atoms with E-state index in [0.717, 1.165) is 32.7 Å². The minimum atomic E-state index is 0.543. The summed E-state index contributed by atoms with van der Waals surface area (Å²) in [5, 5.41) is 2.06. The Balaban J connectivity index is 0.000000693. The maximum Gasteiger partial charge on any atom is 0.127 e. The number of nitrogens with two attached hydrogens (primary N) is 1. The first-order valence-electron chi connectivity index (χ1n) is 7.30. The molecule has 3 heterocycles. The third-order valence-corrected chi connectivity index (χ3v) is 4.42. The Hall–Kier alpha value is -2.27. The van der Waals surface area contributed by atoms with Crippen molar-refractivity contribution in [2.75, 3.05) is 17.1 Å². The van der Waals surface area contributed by atoms with E-state index in [-0.39, 0.29) is 0 Å². The fraction of sp³-hybridized carbons (Fsp3) is 0.176. The lowest BCUT2D eigenvalue weighted by Crippen LogP contribution is -2.14. The van der Waals surface area contributed by atoms with Gasteiger partial charge in [0.25, 0.3) is 0 Å². The first-order valence-corrected chi connectivity index (χ1v) is 8.08. The predicted molar refractivity (Wildman–Crippen MR) is 95.0 cm³/mol. The lowest BCUT2D eigenvalue weighted by Gasteiger charge is -2.28. The molecule has 1 aromatic carbocycles. The molecular formula is C17H18N4S. The third kappa shape index (κ3) is 2.27. The molecule has 0 saturated heterocycles. The summed E-state index contributed by atoms with van der Waals surface area (Å²) in [4.78, 5) is 9.00. The van der Waals surface area contributed by atoms with Crippen molar-refractivity contribution in [3.8, 4) is 11.1 Å². The van der Waals surface area contributed by atoms with Gasteiger partial charge in [0, 0.05) is 41.7 Å². The van der Waals surface area contributed by atoms with E-state index >= 15 is 0 Å². The third-order valence-electron chi connectivity index (χ3n) is 3.47. The van der Waals surface area contributed by atoms with Gasteiger partial charge in [-0.1, -0.05) is 26.0 Å². The molecule has 2 aromatic heterocycles. The number of fused-ring (bicyclic) bond motifs is 5. The summed E-state index contributed by atoms with van der Waals surface area (Å²) >= 11 is 1.59. The predicted octanol–water partition coefficient (Wildman–Crippen LogP) is 4.36. The van der Waals surface area contributed by atoms with Crippen molar-refractivity contribution in [3.05, 3.63) is 42.6 Å². The van der Waals surface area contributed by atoms with E-state index in [9.17, 15) is 0 Å². The molecule has 3 aromatic rings. The summed E-state index contributed by atoms with van der Waals surface area (Å²) in [5.74, 6) is 0.543. The SMILES string of the molecule is CC.CN1Sc2nc(N)ccc2-c2c1ccc1cccnc21. The fourth-order valence-electron chi connectivity index (χ4n) is 2.56. The van der Waals surface area contributed by atoms with Crippen molar-refractivity contribution < 1.29 is 0 Å². The summed E-state index contributed by atoms with van der Waals surface area (Å²) in [6, 6.07) is 12.1. The highest BCUT2D eigenvalue weighted by atomic mass is 32.2. The fourth-order valence-corrected chi connectivity index (χ4v) is 3.48. The number of nitrogen functional groups attached to an aromatic ring is 1. The van der Waals surface area contributed by atoms with Crippen molar-refractivity contribution >= 4 is 34.4 Å². The number of hydrogen-bond donors (Lipinski definition) is 1. The molecule has 4 nitrogen and oxygen atoms in total. The highest BCUT2D eigenvalue weighted by Crippen LogP contribution is 2.47. The standard InChI is InChI=1S/C15H12N4S.C2H6/c1-19-11-6-4-9-3-2-8-17-14(9)13(11)10-5-7-12(16)18-15(10)20-19;1-2/h2-8H,1H3,(H2,16,18);1-2H3. The minimum absolute atomic E-state index is 0.543. The number of nitrogens with zero attached hydrogens (tertiary/aromatic N) is 3. The topological polar surface area (TPSA) is 55.0 Å². The van der Waals surface area contributed by atoms with E-state index in [4.69, 9.17) is 5.73 Å². The van der Waals surface area contributed by atoms with Crippen molar-refractivity contribution in [1.82, 2.24) is 9.97 Å². The Kier molecular flexibility index (Phi) is 3.90. The van der Waals surface area contributed by atoms with Gasteiger partial charge in [-0.3, -0.25) is 4.98 Å². The van der Waals surface area contributed by atoms with Gasteiger partial charge in [0.2, 0.25) is 0 Å². The van der Waals surface area contributed by atoms with Crippen LogP contribution in [0.4, 0.5) is 11.5 Å². The molecule has 0 atom stereocenters. The smallest absolute Gasteiger partial charge is 0.127 e. The highest BCUT2D eigenvalue weighted by molar-refractivity contribution is 8.00. The Morgan fingerprint density at radius 1 is 1.09 bits per heavy atom. The van der Waals surface area contributed by atoms with Crippen LogP contribution >= 0.6 is 11.9 Å². The summed E-state index contributed by atoms with van der Waals surface area (Å²) < 4.78 is 2.11. The lowest BCUT2D eigenvalue weighted by molar-refractivity contribution is 1.13. The summed E-state index contributed by atoms with van der Waals surface area (Å²) in [6.45, 7) is 4.00. The van der Waals surface area contributed by atoms with Crippen LogP contribution in [0.2, 0.25) is 0 Å². The number of anilines is 2. The van der Waals surface area contributed by atoms with Gasteiger partial charge in [-0.15, -0.1) is 0 Å². The monoisotopic (exact) mass is 310 g/mol. The first kappa shape index (κ1) is 14.7. The molecule has 1 aliphatic rings. The van der Waals surface area contributed by atoms with Crippen molar-refractivity contribution in [1.29, 1.82) is 0 Å². The highest BCUT2D eigenvalue weighted by Gasteiger charge is 2.24. The van der Waals surface area contributed by atoms with E-state index in [1.807, 2.05) is 45.3 Å². The average Bonchev–Trinajstić information content (AvgIpc) is 2.56. The number of rotatable bonds is 0. The Labute approximate surface area is 134 Å². The van der Waals surface area contributed by atoms with E-state index in [0.29, 0.717) is 5.82 Å². The quantitative estimate of drug-likeness (QED) is 0.625. The second kappa shape index (κ2) is 5.85. The van der Waals surface area contributed by atoms with Gasteiger partial charge in [-0.2, -0.15) is 0 Å². The molecule has 22 heavy (non-hydrogen) atoms. The van der Waals surface area contributed by atoms with Crippen LogP contribution in [0.25, 0.3) is 22.0 Å². The van der Waals surface area contributed by atoms with Gasteiger partial charge >= 0.3 is 0 Å². The van der Waals surface area contributed by atoms with Crippen molar-refractivity contribution in [2.24, 2.45) is 0 Å². The second-order valence-corrected chi connectivity index (χ2v) is 5.83. The summed E-state index contributed by atoms with van der Waals surface area (Å²) in [5.41, 5.74) is 10.2. The maximum atomic E-state index is 5.80. The van der Waals surface area contributed by atoms with Gasteiger partial charge in [0.15, 0.2) is 0 Å². The van der Waals surface area contributed by atoms with E-state index < -0.39 is 0 Å². The molecule has 0 amide bonds. The van der Waals surface area contributed by atoms with Crippen LogP contribution in [0.5, 0.6) is 0 Å². The van der Waals surface area contributed by atoms with Gasteiger partial charge in [-0.25, -0.2) is 4.98 Å². The number of aromatic nitrogens is 2. The molecule has 4 rings (SSSR count). The molecule has 112 valence electrons. The number of benzene rings is 1. The average molecular weight is 310 g/mol. The van der Waals surface area contributed by atoms with Crippen LogP contribution < -0.4 is 10.0 Å². The van der Waals surface area contributed by atoms with Crippen LogP contribution in [0.3, 0.4) is 0 Å². The van der Waals surface area contributed by atoms with E-state index in [2.05, 4.69) is 32.5 Å². The zero-order valence-corrected chi connectivity index (χ0v) is 13.7. The van der Waals surface area contributed by atoms with Crippen LogP contribution in [-0.4, -0.2) is 17.0 Å².